The summed E-state index contributed by atoms with van der Waals surface area (Å²) in [4.78, 5) is 30.4. The fourth-order valence-corrected chi connectivity index (χ4v) is 3.59. The van der Waals surface area contributed by atoms with Gasteiger partial charge in [-0.25, -0.2) is 9.78 Å². The highest BCUT2D eigenvalue weighted by atomic mass is 16.6. The van der Waals surface area contributed by atoms with Crippen molar-refractivity contribution in [2.75, 3.05) is 19.6 Å². The number of rotatable bonds is 3. The van der Waals surface area contributed by atoms with Crippen LogP contribution in [0.25, 0.3) is 11.5 Å². The number of likely N-dealkylation sites (tertiary alicyclic amines) is 1. The van der Waals surface area contributed by atoms with E-state index in [-0.39, 0.29) is 12.3 Å². The molecule has 1 aromatic heterocycles. The van der Waals surface area contributed by atoms with Gasteiger partial charge in [-0.1, -0.05) is 18.2 Å². The normalized spacial score (nSPS) is 22.3. The molecule has 0 saturated carbocycles. The SMILES string of the molecule is Cc1oc(-c2ccccc2)nc1CC(=O)N1CCCC2(CNC(=O)O2)C1. The second-order valence-corrected chi connectivity index (χ2v) is 6.91. The summed E-state index contributed by atoms with van der Waals surface area (Å²) in [5, 5.41) is 2.69. The Balaban J connectivity index is 1.46. The number of carbonyl (C=O) groups excluding carboxylic acids is 2. The molecule has 2 aromatic rings. The molecular formula is C19H21N3O4. The summed E-state index contributed by atoms with van der Waals surface area (Å²) < 4.78 is 11.2. The molecule has 7 nitrogen and oxygen atoms in total. The molecule has 0 radical (unpaired) electrons. The molecule has 26 heavy (non-hydrogen) atoms. The Morgan fingerprint density at radius 2 is 2.15 bits per heavy atom. The van der Waals surface area contributed by atoms with E-state index in [2.05, 4.69) is 10.3 Å². The third kappa shape index (κ3) is 3.16. The Morgan fingerprint density at radius 1 is 1.35 bits per heavy atom. The largest absolute Gasteiger partial charge is 0.441 e. The Kier molecular flexibility index (Phi) is 4.14. The van der Waals surface area contributed by atoms with Crippen molar-refractivity contribution in [2.24, 2.45) is 0 Å². The Morgan fingerprint density at radius 3 is 2.88 bits per heavy atom. The second kappa shape index (κ2) is 6.48. The molecule has 2 saturated heterocycles. The van der Waals surface area contributed by atoms with E-state index in [0.717, 1.165) is 18.4 Å². The average Bonchev–Trinajstić information content (AvgIpc) is 3.19. The van der Waals surface area contributed by atoms with Crippen molar-refractivity contribution in [1.29, 1.82) is 0 Å². The number of aromatic nitrogens is 1. The highest BCUT2D eigenvalue weighted by molar-refractivity contribution is 5.79. The Hall–Kier alpha value is -2.83. The minimum Gasteiger partial charge on any atom is -0.441 e. The summed E-state index contributed by atoms with van der Waals surface area (Å²) in [6.45, 7) is 3.37. The number of piperidine rings is 1. The first-order valence-corrected chi connectivity index (χ1v) is 8.81. The third-order valence-electron chi connectivity index (χ3n) is 4.99. The number of benzene rings is 1. The maximum absolute atomic E-state index is 12.8. The predicted octanol–water partition coefficient (Wildman–Crippen LogP) is 2.29. The van der Waals surface area contributed by atoms with Crippen LogP contribution in [0.1, 0.15) is 24.3 Å². The van der Waals surface area contributed by atoms with Gasteiger partial charge in [0.1, 0.15) is 11.4 Å². The van der Waals surface area contributed by atoms with Crippen LogP contribution in [0.5, 0.6) is 0 Å². The van der Waals surface area contributed by atoms with Gasteiger partial charge in [0.05, 0.1) is 25.2 Å². The predicted molar refractivity (Wildman–Crippen MR) is 93.4 cm³/mol. The molecule has 3 heterocycles. The van der Waals surface area contributed by atoms with Crippen LogP contribution in [-0.4, -0.2) is 47.1 Å². The molecule has 2 aliphatic rings. The zero-order chi connectivity index (χ0) is 18.1. The number of nitrogens with one attached hydrogen (secondary N) is 1. The summed E-state index contributed by atoms with van der Waals surface area (Å²) in [6, 6.07) is 9.62. The number of amides is 2. The standard InChI is InChI=1S/C19H21N3O4/c1-13-15(21-17(25-13)14-6-3-2-4-7-14)10-16(23)22-9-5-8-19(12-22)11-20-18(24)26-19/h2-4,6-7H,5,8-12H2,1H3,(H,20,24). The van der Waals surface area contributed by atoms with E-state index in [9.17, 15) is 9.59 Å². The molecule has 1 N–H and O–H groups in total. The fraction of sp³-hybridized carbons (Fsp3) is 0.421. The van der Waals surface area contributed by atoms with Gasteiger partial charge in [0, 0.05) is 12.1 Å². The number of aryl methyl sites for hydroxylation is 1. The lowest BCUT2D eigenvalue weighted by atomic mass is 9.93. The van der Waals surface area contributed by atoms with Crippen molar-refractivity contribution in [3.8, 4) is 11.5 Å². The number of nitrogens with zero attached hydrogens (tertiary/aromatic N) is 2. The third-order valence-corrected chi connectivity index (χ3v) is 4.99. The molecule has 136 valence electrons. The molecule has 4 rings (SSSR count). The van der Waals surface area contributed by atoms with Crippen LogP contribution in [0.4, 0.5) is 4.79 Å². The number of ether oxygens (including phenoxy) is 1. The van der Waals surface area contributed by atoms with Gasteiger partial charge >= 0.3 is 6.09 Å². The van der Waals surface area contributed by atoms with Crippen molar-refractivity contribution >= 4 is 12.0 Å². The molecule has 1 atom stereocenters. The van der Waals surface area contributed by atoms with Crippen LogP contribution >= 0.6 is 0 Å². The first kappa shape index (κ1) is 16.6. The van der Waals surface area contributed by atoms with Crippen molar-refractivity contribution in [3.05, 3.63) is 41.8 Å². The lowest BCUT2D eigenvalue weighted by molar-refractivity contribution is -0.136. The highest BCUT2D eigenvalue weighted by Crippen LogP contribution is 2.29. The van der Waals surface area contributed by atoms with Gasteiger partial charge in [0.2, 0.25) is 11.8 Å². The molecule has 1 aromatic carbocycles. The van der Waals surface area contributed by atoms with Crippen molar-refractivity contribution in [3.63, 3.8) is 0 Å². The molecule has 2 aliphatic heterocycles. The van der Waals surface area contributed by atoms with Gasteiger partial charge in [-0.05, 0) is 31.9 Å². The molecule has 7 heteroatoms. The zero-order valence-electron chi connectivity index (χ0n) is 14.7. The van der Waals surface area contributed by atoms with E-state index < -0.39 is 11.7 Å². The van der Waals surface area contributed by atoms with E-state index in [4.69, 9.17) is 9.15 Å². The molecule has 0 bridgehead atoms. The van der Waals surface area contributed by atoms with Gasteiger partial charge in [0.15, 0.2) is 0 Å². The lowest BCUT2D eigenvalue weighted by Gasteiger charge is -2.38. The number of hydrogen-bond acceptors (Lipinski definition) is 5. The number of carbonyl (C=O) groups is 2. The molecule has 1 unspecified atom stereocenters. The van der Waals surface area contributed by atoms with Gasteiger partial charge in [-0.3, -0.25) is 4.79 Å². The Bertz CT molecular complexity index is 833. The zero-order valence-corrected chi connectivity index (χ0v) is 14.7. The summed E-state index contributed by atoms with van der Waals surface area (Å²) >= 11 is 0. The lowest BCUT2D eigenvalue weighted by Crippen LogP contribution is -2.52. The van der Waals surface area contributed by atoms with Gasteiger partial charge in [0.25, 0.3) is 0 Å². The van der Waals surface area contributed by atoms with Crippen molar-refractivity contribution < 1.29 is 18.7 Å². The molecule has 2 fully saturated rings. The molecule has 1 spiro atoms. The molecule has 0 aliphatic carbocycles. The number of hydrogen-bond donors (Lipinski definition) is 1. The topological polar surface area (TPSA) is 84.7 Å². The Labute approximate surface area is 151 Å². The summed E-state index contributed by atoms with van der Waals surface area (Å²) in [7, 11) is 0. The smallest absolute Gasteiger partial charge is 0.407 e. The van der Waals surface area contributed by atoms with Crippen molar-refractivity contribution in [1.82, 2.24) is 15.2 Å². The minimum atomic E-state index is -0.584. The number of oxazole rings is 1. The van der Waals surface area contributed by atoms with Gasteiger partial charge < -0.3 is 19.4 Å². The van der Waals surface area contributed by atoms with Gasteiger partial charge in [-0.2, -0.15) is 0 Å². The first-order valence-electron chi connectivity index (χ1n) is 8.81. The van der Waals surface area contributed by atoms with Crippen LogP contribution in [0.2, 0.25) is 0 Å². The van der Waals surface area contributed by atoms with Crippen LogP contribution in [0.15, 0.2) is 34.7 Å². The number of alkyl carbamates (subject to hydrolysis) is 1. The average molecular weight is 355 g/mol. The minimum absolute atomic E-state index is 0.0250. The van der Waals surface area contributed by atoms with Crippen molar-refractivity contribution in [2.45, 2.75) is 31.8 Å². The second-order valence-electron chi connectivity index (χ2n) is 6.91. The van der Waals surface area contributed by atoms with E-state index in [1.54, 1.807) is 4.90 Å². The van der Waals surface area contributed by atoms with E-state index in [1.807, 2.05) is 37.3 Å². The van der Waals surface area contributed by atoms with Crippen LogP contribution in [0.3, 0.4) is 0 Å². The first-order chi connectivity index (χ1) is 12.5. The van der Waals surface area contributed by atoms with E-state index >= 15 is 0 Å². The molecule has 2 amide bonds. The van der Waals surface area contributed by atoms with E-state index in [0.29, 0.717) is 37.0 Å². The van der Waals surface area contributed by atoms with Crippen LogP contribution in [-0.2, 0) is 16.0 Å². The summed E-state index contributed by atoms with van der Waals surface area (Å²) in [5.74, 6) is 1.15. The quantitative estimate of drug-likeness (QED) is 0.913. The van der Waals surface area contributed by atoms with Crippen LogP contribution < -0.4 is 5.32 Å². The highest BCUT2D eigenvalue weighted by Gasteiger charge is 2.44. The molecular weight excluding hydrogens is 334 g/mol. The summed E-state index contributed by atoms with van der Waals surface area (Å²) in [6.07, 6.45) is 1.36. The van der Waals surface area contributed by atoms with E-state index in [1.165, 1.54) is 0 Å². The fourth-order valence-electron chi connectivity index (χ4n) is 3.59. The van der Waals surface area contributed by atoms with Gasteiger partial charge in [-0.15, -0.1) is 0 Å². The monoisotopic (exact) mass is 355 g/mol. The maximum Gasteiger partial charge on any atom is 0.407 e. The van der Waals surface area contributed by atoms with Crippen LogP contribution in [0, 0.1) is 6.92 Å². The summed E-state index contributed by atoms with van der Waals surface area (Å²) in [5.41, 5.74) is 0.948. The maximum atomic E-state index is 12.8.